The fourth-order valence-corrected chi connectivity index (χ4v) is 4.72. The SMILES string of the molecule is CC1(C)CC(C)(C)c2cc(N(c3ccccc3)c3ccccc3)ccc21. The summed E-state index contributed by atoms with van der Waals surface area (Å²) < 4.78 is 0. The van der Waals surface area contributed by atoms with Crippen molar-refractivity contribution in [1.82, 2.24) is 0 Å². The second kappa shape index (κ2) is 6.02. The second-order valence-electron chi connectivity index (χ2n) is 8.68. The highest BCUT2D eigenvalue weighted by Gasteiger charge is 2.41. The number of rotatable bonds is 3. The van der Waals surface area contributed by atoms with E-state index in [0.29, 0.717) is 0 Å². The van der Waals surface area contributed by atoms with E-state index in [2.05, 4.69) is 111 Å². The average Bonchev–Trinajstić information content (AvgIpc) is 2.81. The smallest absolute Gasteiger partial charge is 0.0464 e. The van der Waals surface area contributed by atoms with E-state index in [4.69, 9.17) is 0 Å². The fourth-order valence-electron chi connectivity index (χ4n) is 4.72. The van der Waals surface area contributed by atoms with Crippen molar-refractivity contribution in [2.75, 3.05) is 4.90 Å². The molecule has 0 N–H and O–H groups in total. The zero-order chi connectivity index (χ0) is 18.4. The average molecular weight is 341 g/mol. The minimum atomic E-state index is 0.202. The lowest BCUT2D eigenvalue weighted by Crippen LogP contribution is -2.18. The molecule has 0 aliphatic heterocycles. The van der Waals surface area contributed by atoms with Crippen LogP contribution in [-0.4, -0.2) is 0 Å². The molecule has 0 atom stereocenters. The molecule has 132 valence electrons. The predicted molar refractivity (Wildman–Crippen MR) is 112 cm³/mol. The van der Waals surface area contributed by atoms with Gasteiger partial charge < -0.3 is 4.90 Å². The molecule has 0 fully saturated rings. The van der Waals surface area contributed by atoms with Crippen molar-refractivity contribution in [2.24, 2.45) is 0 Å². The van der Waals surface area contributed by atoms with E-state index in [0.717, 1.165) is 0 Å². The molecule has 0 saturated heterocycles. The van der Waals surface area contributed by atoms with Crippen molar-refractivity contribution in [1.29, 1.82) is 0 Å². The molecule has 4 rings (SSSR count). The quantitative estimate of drug-likeness (QED) is 0.490. The first-order valence-corrected chi connectivity index (χ1v) is 9.44. The first kappa shape index (κ1) is 16.9. The van der Waals surface area contributed by atoms with Gasteiger partial charge in [-0.05, 0) is 64.8 Å². The molecule has 3 aromatic rings. The van der Waals surface area contributed by atoms with Gasteiger partial charge >= 0.3 is 0 Å². The Kier molecular flexibility index (Phi) is 3.91. The lowest BCUT2D eigenvalue weighted by atomic mass is 9.82. The highest BCUT2D eigenvalue weighted by molar-refractivity contribution is 5.77. The van der Waals surface area contributed by atoms with Gasteiger partial charge in [-0.15, -0.1) is 0 Å². The monoisotopic (exact) mass is 341 g/mol. The molecule has 3 aromatic carbocycles. The van der Waals surface area contributed by atoms with Gasteiger partial charge in [0.15, 0.2) is 0 Å². The number of benzene rings is 3. The third kappa shape index (κ3) is 2.82. The van der Waals surface area contributed by atoms with Crippen LogP contribution in [0.2, 0.25) is 0 Å². The Morgan fingerprint density at radius 1 is 0.577 bits per heavy atom. The molecule has 1 aliphatic rings. The Labute approximate surface area is 157 Å². The molecule has 1 aliphatic carbocycles. The number of para-hydroxylation sites is 2. The molecule has 0 spiro atoms. The fraction of sp³-hybridized carbons (Fsp3) is 0.280. The van der Waals surface area contributed by atoms with E-state index in [-0.39, 0.29) is 10.8 Å². The molecule has 0 heterocycles. The molecular formula is C25H27N. The van der Waals surface area contributed by atoms with Crippen molar-refractivity contribution in [3.63, 3.8) is 0 Å². The summed E-state index contributed by atoms with van der Waals surface area (Å²) >= 11 is 0. The molecular weight excluding hydrogens is 314 g/mol. The van der Waals surface area contributed by atoms with Gasteiger partial charge in [0.05, 0.1) is 0 Å². The largest absolute Gasteiger partial charge is 0.310 e. The summed E-state index contributed by atoms with van der Waals surface area (Å²) in [5.41, 5.74) is 7.02. The van der Waals surface area contributed by atoms with Gasteiger partial charge in [-0.3, -0.25) is 0 Å². The van der Waals surface area contributed by atoms with E-state index in [9.17, 15) is 0 Å². The summed E-state index contributed by atoms with van der Waals surface area (Å²) in [5.74, 6) is 0. The number of nitrogens with zero attached hydrogens (tertiary/aromatic N) is 1. The van der Waals surface area contributed by atoms with E-state index < -0.39 is 0 Å². The highest BCUT2D eigenvalue weighted by Crippen LogP contribution is 2.51. The highest BCUT2D eigenvalue weighted by atomic mass is 15.1. The summed E-state index contributed by atoms with van der Waals surface area (Å²) in [6.45, 7) is 9.48. The molecule has 1 heteroatoms. The van der Waals surface area contributed by atoms with Crippen LogP contribution in [0.15, 0.2) is 78.9 Å². The number of hydrogen-bond donors (Lipinski definition) is 0. The molecule has 26 heavy (non-hydrogen) atoms. The standard InChI is InChI=1S/C25H27N/c1-24(2)18-25(3,4)23-17-21(15-16-22(23)24)26(19-11-7-5-8-12-19)20-13-9-6-10-14-20/h5-17H,18H2,1-4H3. The van der Waals surface area contributed by atoms with Crippen molar-refractivity contribution >= 4 is 17.1 Å². The van der Waals surface area contributed by atoms with Gasteiger partial charge in [-0.2, -0.15) is 0 Å². The Morgan fingerprint density at radius 3 is 1.62 bits per heavy atom. The summed E-state index contributed by atoms with van der Waals surface area (Å²) in [7, 11) is 0. The van der Waals surface area contributed by atoms with E-state index in [1.807, 2.05) is 0 Å². The van der Waals surface area contributed by atoms with Gasteiger partial charge in [0.2, 0.25) is 0 Å². The van der Waals surface area contributed by atoms with Crippen LogP contribution in [-0.2, 0) is 10.8 Å². The van der Waals surface area contributed by atoms with Crippen molar-refractivity contribution in [3.8, 4) is 0 Å². The maximum absolute atomic E-state index is 2.41. The first-order chi connectivity index (χ1) is 12.4. The minimum Gasteiger partial charge on any atom is -0.310 e. The normalized spacial score (nSPS) is 16.9. The third-order valence-corrected chi connectivity index (χ3v) is 5.63. The van der Waals surface area contributed by atoms with Crippen LogP contribution in [0, 0.1) is 0 Å². The maximum Gasteiger partial charge on any atom is 0.0464 e. The van der Waals surface area contributed by atoms with Crippen molar-refractivity contribution < 1.29 is 0 Å². The Hall–Kier alpha value is -2.54. The minimum absolute atomic E-state index is 0.202. The summed E-state index contributed by atoms with van der Waals surface area (Å²) in [5, 5.41) is 0. The zero-order valence-corrected chi connectivity index (χ0v) is 16.2. The number of anilines is 3. The number of hydrogen-bond acceptors (Lipinski definition) is 1. The third-order valence-electron chi connectivity index (χ3n) is 5.63. The lowest BCUT2D eigenvalue weighted by Gasteiger charge is -2.27. The summed E-state index contributed by atoms with van der Waals surface area (Å²) in [6, 6.07) is 28.3. The Morgan fingerprint density at radius 2 is 1.08 bits per heavy atom. The molecule has 0 amide bonds. The number of fused-ring (bicyclic) bond motifs is 1. The van der Waals surface area contributed by atoms with Gasteiger partial charge in [-0.1, -0.05) is 70.2 Å². The van der Waals surface area contributed by atoms with E-state index in [1.54, 1.807) is 0 Å². The van der Waals surface area contributed by atoms with Gasteiger partial charge in [0.25, 0.3) is 0 Å². The predicted octanol–water partition coefficient (Wildman–Crippen LogP) is 7.12. The molecule has 0 aromatic heterocycles. The van der Waals surface area contributed by atoms with Crippen LogP contribution >= 0.6 is 0 Å². The van der Waals surface area contributed by atoms with E-state index in [1.165, 1.54) is 34.6 Å². The van der Waals surface area contributed by atoms with Gasteiger partial charge in [-0.25, -0.2) is 0 Å². The molecule has 0 unspecified atom stereocenters. The van der Waals surface area contributed by atoms with Crippen LogP contribution in [0.1, 0.15) is 45.2 Å². The van der Waals surface area contributed by atoms with Crippen LogP contribution in [0.25, 0.3) is 0 Å². The Bertz CT molecular complexity index is 868. The van der Waals surface area contributed by atoms with Crippen molar-refractivity contribution in [3.05, 3.63) is 90.0 Å². The van der Waals surface area contributed by atoms with Crippen LogP contribution < -0.4 is 4.90 Å². The van der Waals surface area contributed by atoms with Gasteiger partial charge in [0.1, 0.15) is 0 Å². The van der Waals surface area contributed by atoms with Crippen molar-refractivity contribution in [2.45, 2.75) is 44.9 Å². The molecule has 1 nitrogen and oxygen atoms in total. The first-order valence-electron chi connectivity index (χ1n) is 9.44. The molecule has 0 radical (unpaired) electrons. The maximum atomic E-state index is 2.41. The van der Waals surface area contributed by atoms with E-state index >= 15 is 0 Å². The zero-order valence-electron chi connectivity index (χ0n) is 16.2. The van der Waals surface area contributed by atoms with Gasteiger partial charge in [0, 0.05) is 17.1 Å². The topological polar surface area (TPSA) is 3.24 Å². The second-order valence-corrected chi connectivity index (χ2v) is 8.68. The molecule has 0 bridgehead atoms. The summed E-state index contributed by atoms with van der Waals surface area (Å²) in [4.78, 5) is 2.35. The lowest BCUT2D eigenvalue weighted by molar-refractivity contribution is 0.403. The summed E-state index contributed by atoms with van der Waals surface area (Å²) in [6.07, 6.45) is 1.19. The van der Waals surface area contributed by atoms with Crippen LogP contribution in [0.4, 0.5) is 17.1 Å². The van der Waals surface area contributed by atoms with Crippen LogP contribution in [0.3, 0.4) is 0 Å². The Balaban J connectivity index is 1.89. The molecule has 0 saturated carbocycles. The van der Waals surface area contributed by atoms with Crippen LogP contribution in [0.5, 0.6) is 0 Å².